The molecule has 2 aliphatic rings. The zero-order valence-electron chi connectivity index (χ0n) is 15.8. The summed E-state index contributed by atoms with van der Waals surface area (Å²) in [6.45, 7) is 0.587. The standard InChI is InChI=1S/C20H25N3O5/c1-28-12-14-10-20(25)22-18-11-15(5-8-17(14)18)21-19(24)9-4-13-2-6-16(7-3-13)23(26)27/h2-4,6-7,9,14-15,17-18H,5,8,10-12H2,1H3,(H,21,24)(H,22,25)/b9-4-. The molecule has 28 heavy (non-hydrogen) atoms. The van der Waals surface area contributed by atoms with Gasteiger partial charge in [-0.1, -0.05) is 0 Å². The highest BCUT2D eigenvalue weighted by Crippen LogP contribution is 2.35. The average Bonchev–Trinajstić information content (AvgIpc) is 2.66. The molecule has 3 rings (SSSR count). The summed E-state index contributed by atoms with van der Waals surface area (Å²) in [5.74, 6) is 0.467. The molecular formula is C20H25N3O5. The number of nitrogens with zero attached hydrogens (tertiary/aromatic N) is 1. The van der Waals surface area contributed by atoms with E-state index in [2.05, 4.69) is 10.6 Å². The highest BCUT2D eigenvalue weighted by atomic mass is 16.6. The van der Waals surface area contributed by atoms with Gasteiger partial charge in [-0.2, -0.15) is 0 Å². The molecule has 1 aliphatic carbocycles. The van der Waals surface area contributed by atoms with Crippen molar-refractivity contribution < 1.29 is 19.2 Å². The fraction of sp³-hybridized carbons (Fsp3) is 0.500. The lowest BCUT2D eigenvalue weighted by Gasteiger charge is -2.43. The van der Waals surface area contributed by atoms with Crippen molar-refractivity contribution in [3.05, 3.63) is 46.0 Å². The fourth-order valence-corrected chi connectivity index (χ4v) is 4.24. The maximum absolute atomic E-state index is 12.2. The largest absolute Gasteiger partial charge is 0.384 e. The maximum atomic E-state index is 12.2. The number of ether oxygens (including phenoxy) is 1. The summed E-state index contributed by atoms with van der Waals surface area (Å²) in [6.07, 6.45) is 6.09. The van der Waals surface area contributed by atoms with E-state index < -0.39 is 4.92 Å². The second-order valence-electron chi connectivity index (χ2n) is 7.46. The molecule has 8 heteroatoms. The molecule has 1 aromatic rings. The third-order valence-corrected chi connectivity index (χ3v) is 5.56. The van der Waals surface area contributed by atoms with Gasteiger partial charge in [-0.15, -0.1) is 0 Å². The van der Waals surface area contributed by atoms with Crippen LogP contribution in [0.25, 0.3) is 6.08 Å². The van der Waals surface area contributed by atoms with Crippen LogP contribution in [0.5, 0.6) is 0 Å². The molecule has 4 atom stereocenters. The molecule has 150 valence electrons. The van der Waals surface area contributed by atoms with Gasteiger partial charge in [0.1, 0.15) is 0 Å². The Labute approximate surface area is 163 Å². The lowest BCUT2D eigenvalue weighted by atomic mass is 9.71. The number of non-ortho nitro benzene ring substituents is 1. The predicted molar refractivity (Wildman–Crippen MR) is 103 cm³/mol. The number of nitrogens with one attached hydrogen (secondary N) is 2. The molecule has 1 saturated heterocycles. The number of benzene rings is 1. The Morgan fingerprint density at radius 3 is 2.79 bits per heavy atom. The Bertz CT molecular complexity index is 762. The van der Waals surface area contributed by atoms with Crippen molar-refractivity contribution in [3.8, 4) is 0 Å². The van der Waals surface area contributed by atoms with Gasteiger partial charge >= 0.3 is 0 Å². The van der Waals surface area contributed by atoms with Crippen LogP contribution in [0.4, 0.5) is 5.69 Å². The van der Waals surface area contributed by atoms with E-state index in [-0.39, 0.29) is 35.5 Å². The van der Waals surface area contributed by atoms with E-state index in [1.807, 2.05) is 0 Å². The molecule has 2 N–H and O–H groups in total. The van der Waals surface area contributed by atoms with Crippen LogP contribution in [-0.2, 0) is 14.3 Å². The molecule has 4 unspecified atom stereocenters. The van der Waals surface area contributed by atoms with E-state index in [1.54, 1.807) is 25.3 Å². The van der Waals surface area contributed by atoms with Gasteiger partial charge in [-0.3, -0.25) is 19.7 Å². The van der Waals surface area contributed by atoms with Crippen LogP contribution in [0.3, 0.4) is 0 Å². The smallest absolute Gasteiger partial charge is 0.269 e. The lowest BCUT2D eigenvalue weighted by molar-refractivity contribution is -0.384. The highest BCUT2D eigenvalue weighted by molar-refractivity contribution is 5.92. The van der Waals surface area contributed by atoms with Crippen LogP contribution < -0.4 is 10.6 Å². The normalized spacial score (nSPS) is 27.1. The third kappa shape index (κ3) is 4.95. The van der Waals surface area contributed by atoms with E-state index in [9.17, 15) is 19.7 Å². The Morgan fingerprint density at radius 1 is 1.36 bits per heavy atom. The van der Waals surface area contributed by atoms with Crippen LogP contribution in [-0.4, -0.2) is 42.5 Å². The molecule has 1 aliphatic heterocycles. The SMILES string of the molecule is COCC1CC(=O)NC2CC(NC(=O)/C=C\c3ccc([N+](=O)[O-])cc3)CCC12. The summed E-state index contributed by atoms with van der Waals surface area (Å²) >= 11 is 0. The summed E-state index contributed by atoms with van der Waals surface area (Å²) in [5, 5.41) is 16.7. The van der Waals surface area contributed by atoms with Crippen molar-refractivity contribution in [1.82, 2.24) is 10.6 Å². The number of hydrogen-bond acceptors (Lipinski definition) is 5. The van der Waals surface area contributed by atoms with Gasteiger partial charge < -0.3 is 15.4 Å². The van der Waals surface area contributed by atoms with E-state index in [1.165, 1.54) is 18.2 Å². The van der Waals surface area contributed by atoms with Gasteiger partial charge in [0.2, 0.25) is 11.8 Å². The molecular weight excluding hydrogens is 362 g/mol. The van der Waals surface area contributed by atoms with Crippen molar-refractivity contribution in [2.24, 2.45) is 11.8 Å². The average molecular weight is 387 g/mol. The van der Waals surface area contributed by atoms with Crippen molar-refractivity contribution in [1.29, 1.82) is 0 Å². The molecule has 1 heterocycles. The molecule has 0 bridgehead atoms. The summed E-state index contributed by atoms with van der Waals surface area (Å²) in [6, 6.07) is 6.08. The molecule has 2 amide bonds. The fourth-order valence-electron chi connectivity index (χ4n) is 4.24. The van der Waals surface area contributed by atoms with Crippen LogP contribution in [0.15, 0.2) is 30.3 Å². The second kappa shape index (κ2) is 8.97. The van der Waals surface area contributed by atoms with E-state index >= 15 is 0 Å². The minimum Gasteiger partial charge on any atom is -0.384 e. The van der Waals surface area contributed by atoms with Gasteiger partial charge in [-0.05, 0) is 54.9 Å². The van der Waals surface area contributed by atoms with Crippen LogP contribution in [0, 0.1) is 22.0 Å². The summed E-state index contributed by atoms with van der Waals surface area (Å²) in [5.41, 5.74) is 0.728. The number of piperidine rings is 1. The van der Waals surface area contributed by atoms with Crippen LogP contribution in [0.1, 0.15) is 31.2 Å². The summed E-state index contributed by atoms with van der Waals surface area (Å²) in [4.78, 5) is 34.4. The molecule has 1 aromatic carbocycles. The quantitative estimate of drug-likeness (QED) is 0.441. The Balaban J connectivity index is 1.53. The highest BCUT2D eigenvalue weighted by Gasteiger charge is 2.40. The number of nitro benzene ring substituents is 1. The lowest BCUT2D eigenvalue weighted by Crippen LogP contribution is -2.56. The Morgan fingerprint density at radius 2 is 2.11 bits per heavy atom. The van der Waals surface area contributed by atoms with Crippen molar-refractivity contribution in [2.75, 3.05) is 13.7 Å². The van der Waals surface area contributed by atoms with Crippen molar-refractivity contribution in [2.45, 2.75) is 37.8 Å². The molecule has 8 nitrogen and oxygen atoms in total. The number of fused-ring (bicyclic) bond motifs is 1. The number of amides is 2. The maximum Gasteiger partial charge on any atom is 0.269 e. The molecule has 0 radical (unpaired) electrons. The van der Waals surface area contributed by atoms with Gasteiger partial charge in [0.25, 0.3) is 5.69 Å². The number of carbonyl (C=O) groups excluding carboxylic acids is 2. The van der Waals surface area contributed by atoms with Crippen molar-refractivity contribution >= 4 is 23.6 Å². The number of carbonyl (C=O) groups is 2. The summed E-state index contributed by atoms with van der Waals surface area (Å²) in [7, 11) is 1.66. The topological polar surface area (TPSA) is 111 Å². The van der Waals surface area contributed by atoms with E-state index in [0.29, 0.717) is 30.9 Å². The van der Waals surface area contributed by atoms with E-state index in [4.69, 9.17) is 4.74 Å². The van der Waals surface area contributed by atoms with Gasteiger partial charge in [-0.25, -0.2) is 0 Å². The minimum absolute atomic E-state index is 0.0110. The first-order valence-electron chi connectivity index (χ1n) is 9.47. The number of rotatable bonds is 6. The first-order valence-corrected chi connectivity index (χ1v) is 9.47. The van der Waals surface area contributed by atoms with Crippen molar-refractivity contribution in [3.63, 3.8) is 0 Å². The number of hydrogen-bond donors (Lipinski definition) is 2. The second-order valence-corrected chi connectivity index (χ2v) is 7.46. The molecule has 1 saturated carbocycles. The number of methoxy groups -OCH3 is 1. The predicted octanol–water partition coefficient (Wildman–Crippen LogP) is 2.04. The first-order chi connectivity index (χ1) is 13.5. The first kappa shape index (κ1) is 20.0. The van der Waals surface area contributed by atoms with Gasteiger partial charge in [0.15, 0.2) is 0 Å². The summed E-state index contributed by atoms with van der Waals surface area (Å²) < 4.78 is 5.27. The number of nitro groups is 1. The van der Waals surface area contributed by atoms with Crippen LogP contribution >= 0.6 is 0 Å². The zero-order chi connectivity index (χ0) is 20.1. The van der Waals surface area contributed by atoms with Gasteiger partial charge in [0.05, 0.1) is 4.92 Å². The van der Waals surface area contributed by atoms with Crippen LogP contribution in [0.2, 0.25) is 0 Å². The molecule has 0 spiro atoms. The zero-order valence-corrected chi connectivity index (χ0v) is 15.8. The molecule has 2 fully saturated rings. The monoisotopic (exact) mass is 387 g/mol. The van der Waals surface area contributed by atoms with E-state index in [0.717, 1.165) is 12.8 Å². The minimum atomic E-state index is -0.461. The third-order valence-electron chi connectivity index (χ3n) is 5.56. The Hall–Kier alpha value is -2.74. The Kier molecular flexibility index (Phi) is 6.41. The molecule has 0 aromatic heterocycles. The van der Waals surface area contributed by atoms with Gasteiger partial charge in [0, 0.05) is 50.4 Å².